The number of imidazole rings is 1. The minimum Gasteiger partial charge on any atom is -0.406 e. The number of alkyl halides is 6. The third kappa shape index (κ3) is 3.92. The van der Waals surface area contributed by atoms with Crippen molar-refractivity contribution in [1.29, 1.82) is 0 Å². The van der Waals surface area contributed by atoms with Crippen LogP contribution in [0.1, 0.15) is 5.82 Å². The van der Waals surface area contributed by atoms with Gasteiger partial charge in [0.15, 0.2) is 17.1 Å². The van der Waals surface area contributed by atoms with Gasteiger partial charge in [0, 0.05) is 6.07 Å². The summed E-state index contributed by atoms with van der Waals surface area (Å²) in [4.78, 5) is 12.6. The monoisotopic (exact) mass is 381 g/mol. The van der Waals surface area contributed by atoms with Gasteiger partial charge in [-0.05, 0) is 12.1 Å². The lowest BCUT2D eigenvalue weighted by Gasteiger charge is -2.11. The molecule has 2 aromatic heterocycles. The van der Waals surface area contributed by atoms with Crippen LogP contribution in [0.3, 0.4) is 0 Å². The second-order valence-corrected chi connectivity index (χ2v) is 4.83. The van der Waals surface area contributed by atoms with E-state index in [-0.39, 0.29) is 22.8 Å². The lowest BCUT2D eigenvalue weighted by atomic mass is 10.3. The Balaban J connectivity index is 1.84. The number of aromatic amines is 1. The Morgan fingerprint density at radius 1 is 1.04 bits per heavy atom. The van der Waals surface area contributed by atoms with E-state index in [0.717, 1.165) is 18.3 Å². The van der Waals surface area contributed by atoms with Crippen molar-refractivity contribution in [3.05, 3.63) is 36.0 Å². The van der Waals surface area contributed by atoms with E-state index < -0.39 is 29.9 Å². The zero-order valence-corrected chi connectivity index (χ0v) is 12.2. The molecular formula is C13H6F7N5O. The molecule has 0 spiro atoms. The van der Waals surface area contributed by atoms with Crippen LogP contribution in [0.25, 0.3) is 11.3 Å². The van der Waals surface area contributed by atoms with Gasteiger partial charge >= 0.3 is 12.5 Å². The van der Waals surface area contributed by atoms with Gasteiger partial charge in [0.25, 0.3) is 0 Å². The Kier molecular flexibility index (Phi) is 4.08. The van der Waals surface area contributed by atoms with Gasteiger partial charge in [0.05, 0.1) is 11.9 Å². The molecule has 2 heterocycles. The number of nitrogens with zero attached hydrogens (tertiary/aromatic N) is 3. The van der Waals surface area contributed by atoms with Crippen molar-refractivity contribution >= 4 is 22.8 Å². The minimum absolute atomic E-state index is 0.166. The summed E-state index contributed by atoms with van der Waals surface area (Å²) in [5.74, 6) is -3.35. The molecule has 2 N–H and O–H groups in total. The second kappa shape index (κ2) is 6.00. The molecule has 0 radical (unpaired) electrons. The number of ether oxygens (including phenoxy) is 1. The van der Waals surface area contributed by atoms with Crippen molar-refractivity contribution in [1.82, 2.24) is 19.9 Å². The first-order valence-electron chi connectivity index (χ1n) is 6.63. The van der Waals surface area contributed by atoms with Gasteiger partial charge in [0.2, 0.25) is 5.82 Å². The first-order chi connectivity index (χ1) is 12.0. The lowest BCUT2D eigenvalue weighted by molar-refractivity contribution is -0.274. The summed E-state index contributed by atoms with van der Waals surface area (Å²) in [6, 6.07) is 2.27. The molecule has 0 saturated heterocycles. The number of nitrogens with one attached hydrogen (secondary N) is 2. The van der Waals surface area contributed by atoms with E-state index in [1.54, 1.807) is 0 Å². The fraction of sp³-hybridized carbons (Fsp3) is 0.154. The maximum atomic E-state index is 13.9. The lowest BCUT2D eigenvalue weighted by Crippen LogP contribution is -2.17. The topological polar surface area (TPSA) is 75.7 Å². The predicted molar refractivity (Wildman–Crippen MR) is 73.1 cm³/mol. The summed E-state index contributed by atoms with van der Waals surface area (Å²) in [5.41, 5.74) is -0.906. The number of anilines is 2. The van der Waals surface area contributed by atoms with Gasteiger partial charge < -0.3 is 15.0 Å². The molecule has 0 atom stereocenters. The molecule has 0 aliphatic rings. The number of H-pyrrole nitrogens is 1. The molecule has 0 amide bonds. The minimum atomic E-state index is -4.98. The third-order valence-corrected chi connectivity index (χ3v) is 2.91. The van der Waals surface area contributed by atoms with Crippen molar-refractivity contribution in [3.63, 3.8) is 0 Å². The van der Waals surface area contributed by atoms with Crippen LogP contribution in [0.2, 0.25) is 0 Å². The number of aromatic nitrogens is 4. The molecule has 1 aromatic carbocycles. The number of halogens is 7. The molecule has 0 saturated carbocycles. The van der Waals surface area contributed by atoms with Crippen molar-refractivity contribution in [2.75, 3.05) is 5.32 Å². The highest BCUT2D eigenvalue weighted by Gasteiger charge is 2.35. The smallest absolute Gasteiger partial charge is 0.406 e. The van der Waals surface area contributed by atoms with Crippen LogP contribution < -0.4 is 10.1 Å². The largest absolute Gasteiger partial charge is 0.573 e. The summed E-state index contributed by atoms with van der Waals surface area (Å²) < 4.78 is 91.4. The molecule has 3 aromatic rings. The Bertz CT molecular complexity index is 950. The fourth-order valence-corrected chi connectivity index (χ4v) is 1.92. The first-order valence-corrected chi connectivity index (χ1v) is 6.63. The standard InChI is InChI=1S/C13H6F7N5O/c14-6-3-5(26-13(18,19)20)1-2-7(6)22-8-4-21-9-10(23-8)25-11(24-9)12(15,16)17/h1-4H,(H2,21,22,23,24,25). The molecular weight excluding hydrogens is 375 g/mol. The van der Waals surface area contributed by atoms with Gasteiger partial charge in [0.1, 0.15) is 11.6 Å². The maximum Gasteiger partial charge on any atom is 0.573 e. The SMILES string of the molecule is Fc1cc(OC(F)(F)F)ccc1Nc1cnc2[nH]c(C(F)(F)F)nc2n1. The summed E-state index contributed by atoms with van der Waals surface area (Å²) in [6.45, 7) is 0. The molecule has 0 aliphatic carbocycles. The summed E-state index contributed by atoms with van der Waals surface area (Å²) in [5, 5.41) is 2.38. The zero-order chi connectivity index (χ0) is 19.1. The quantitative estimate of drug-likeness (QED) is 0.667. The van der Waals surface area contributed by atoms with Crippen LogP contribution in [-0.2, 0) is 6.18 Å². The number of rotatable bonds is 3. The van der Waals surface area contributed by atoms with Crippen LogP contribution in [0.4, 0.5) is 42.2 Å². The number of hydrogen-bond acceptors (Lipinski definition) is 5. The van der Waals surface area contributed by atoms with Crippen LogP contribution in [-0.4, -0.2) is 26.3 Å². The predicted octanol–water partition coefficient (Wildman–Crippen LogP) is 4.15. The van der Waals surface area contributed by atoms with Crippen molar-refractivity contribution in [2.24, 2.45) is 0 Å². The number of hydrogen-bond donors (Lipinski definition) is 2. The van der Waals surface area contributed by atoms with Crippen LogP contribution in [0.5, 0.6) is 5.75 Å². The fourth-order valence-electron chi connectivity index (χ4n) is 1.92. The van der Waals surface area contributed by atoms with Crippen molar-refractivity contribution in [3.8, 4) is 5.75 Å². The summed E-state index contributed by atoms with van der Waals surface area (Å²) in [6.07, 6.45) is -8.70. The highest BCUT2D eigenvalue weighted by Crippen LogP contribution is 2.29. The molecule has 3 rings (SSSR count). The van der Waals surface area contributed by atoms with Gasteiger partial charge in [-0.15, -0.1) is 13.2 Å². The van der Waals surface area contributed by atoms with Crippen LogP contribution in [0.15, 0.2) is 24.4 Å². The Morgan fingerprint density at radius 3 is 2.38 bits per heavy atom. The average molecular weight is 381 g/mol. The van der Waals surface area contributed by atoms with E-state index in [1.807, 2.05) is 4.98 Å². The Labute approximate surface area is 139 Å². The Morgan fingerprint density at radius 2 is 1.77 bits per heavy atom. The van der Waals surface area contributed by atoms with E-state index in [0.29, 0.717) is 6.07 Å². The van der Waals surface area contributed by atoms with Gasteiger partial charge in [-0.25, -0.2) is 19.3 Å². The van der Waals surface area contributed by atoms with E-state index in [1.165, 1.54) is 0 Å². The molecule has 26 heavy (non-hydrogen) atoms. The number of benzene rings is 1. The molecule has 0 bridgehead atoms. The second-order valence-electron chi connectivity index (χ2n) is 4.83. The van der Waals surface area contributed by atoms with Crippen LogP contribution >= 0.6 is 0 Å². The zero-order valence-electron chi connectivity index (χ0n) is 12.2. The normalized spacial score (nSPS) is 12.4. The maximum absolute atomic E-state index is 13.9. The molecule has 0 unspecified atom stereocenters. The highest BCUT2D eigenvalue weighted by molar-refractivity contribution is 5.69. The van der Waals surface area contributed by atoms with Crippen LogP contribution in [0, 0.1) is 5.82 Å². The molecule has 138 valence electrons. The van der Waals surface area contributed by atoms with Gasteiger partial charge in [-0.1, -0.05) is 0 Å². The van der Waals surface area contributed by atoms with E-state index in [9.17, 15) is 30.7 Å². The van der Waals surface area contributed by atoms with Gasteiger partial charge in [-0.2, -0.15) is 13.2 Å². The highest BCUT2D eigenvalue weighted by atomic mass is 19.4. The molecule has 0 fully saturated rings. The van der Waals surface area contributed by atoms with Crippen molar-refractivity contribution in [2.45, 2.75) is 12.5 Å². The van der Waals surface area contributed by atoms with Crippen molar-refractivity contribution < 1.29 is 35.5 Å². The van der Waals surface area contributed by atoms with E-state index >= 15 is 0 Å². The molecule has 6 nitrogen and oxygen atoms in total. The first kappa shape index (κ1) is 17.7. The van der Waals surface area contributed by atoms with E-state index in [2.05, 4.69) is 25.0 Å². The molecule has 0 aliphatic heterocycles. The third-order valence-electron chi connectivity index (χ3n) is 2.91. The average Bonchev–Trinajstić information content (AvgIpc) is 2.92. The summed E-state index contributed by atoms with van der Waals surface area (Å²) in [7, 11) is 0. The summed E-state index contributed by atoms with van der Waals surface area (Å²) >= 11 is 0. The van der Waals surface area contributed by atoms with E-state index in [4.69, 9.17) is 0 Å². The Hall–Kier alpha value is -3.12. The molecule has 13 heteroatoms. The van der Waals surface area contributed by atoms with Gasteiger partial charge in [-0.3, -0.25) is 0 Å². The number of fused-ring (bicyclic) bond motifs is 1.